The van der Waals surface area contributed by atoms with E-state index >= 15 is 0 Å². The summed E-state index contributed by atoms with van der Waals surface area (Å²) in [4.78, 5) is 14.0. The van der Waals surface area contributed by atoms with E-state index in [1.807, 2.05) is 11.9 Å². The molecule has 0 bridgehead atoms. The number of nitrogens with zero attached hydrogens (tertiary/aromatic N) is 3. The highest BCUT2D eigenvalue weighted by molar-refractivity contribution is 9.09. The zero-order valence-electron chi connectivity index (χ0n) is 9.40. The van der Waals surface area contributed by atoms with Gasteiger partial charge in [0.2, 0.25) is 0 Å². The van der Waals surface area contributed by atoms with Crippen LogP contribution in [0.2, 0.25) is 0 Å². The Hall–Kier alpha value is -0.840. The first-order valence-electron chi connectivity index (χ1n) is 5.54. The second-order valence-electron chi connectivity index (χ2n) is 4.29. The van der Waals surface area contributed by atoms with Crippen LogP contribution in [-0.2, 0) is 7.05 Å². The molecule has 0 radical (unpaired) electrons. The van der Waals surface area contributed by atoms with Gasteiger partial charge in [-0.15, -0.1) is 0 Å². The summed E-state index contributed by atoms with van der Waals surface area (Å²) in [5, 5.41) is 5.07. The van der Waals surface area contributed by atoms with Crippen LogP contribution < -0.4 is 0 Å². The lowest BCUT2D eigenvalue weighted by molar-refractivity contribution is 0.0699. The van der Waals surface area contributed by atoms with Gasteiger partial charge < -0.3 is 4.90 Å². The lowest BCUT2D eigenvalue weighted by Crippen LogP contribution is -2.38. The van der Waals surface area contributed by atoms with E-state index in [0.717, 1.165) is 37.2 Å². The highest BCUT2D eigenvalue weighted by atomic mass is 79.9. The van der Waals surface area contributed by atoms with Crippen LogP contribution in [0.5, 0.6) is 0 Å². The van der Waals surface area contributed by atoms with E-state index < -0.39 is 0 Å². The molecule has 1 aliphatic rings. The fourth-order valence-corrected chi connectivity index (χ4v) is 2.65. The highest BCUT2D eigenvalue weighted by Crippen LogP contribution is 2.20. The van der Waals surface area contributed by atoms with Crippen LogP contribution >= 0.6 is 15.9 Å². The molecule has 16 heavy (non-hydrogen) atoms. The minimum atomic E-state index is 0.112. The van der Waals surface area contributed by atoms with Gasteiger partial charge in [-0.05, 0) is 18.8 Å². The van der Waals surface area contributed by atoms with E-state index in [1.165, 1.54) is 0 Å². The Labute approximate surface area is 104 Å². The summed E-state index contributed by atoms with van der Waals surface area (Å²) in [6.07, 6.45) is 5.60. The van der Waals surface area contributed by atoms with Gasteiger partial charge in [0, 0.05) is 31.7 Å². The first-order valence-corrected chi connectivity index (χ1v) is 6.66. The maximum absolute atomic E-state index is 12.1. The average molecular weight is 286 g/mol. The standard InChI is InChI=1S/C11H16BrN3O/c1-14-8-10(7-13-14)11(16)15-4-2-9(6-12)3-5-15/h7-9H,2-6H2,1H3. The Morgan fingerprint density at radius 3 is 2.75 bits per heavy atom. The second kappa shape index (κ2) is 4.99. The molecule has 1 aromatic rings. The molecule has 0 unspecified atom stereocenters. The number of amides is 1. The van der Waals surface area contributed by atoms with Gasteiger partial charge in [0.25, 0.3) is 5.91 Å². The van der Waals surface area contributed by atoms with E-state index in [-0.39, 0.29) is 5.91 Å². The van der Waals surface area contributed by atoms with Crippen LogP contribution in [0.25, 0.3) is 0 Å². The first kappa shape index (κ1) is 11.6. The zero-order valence-corrected chi connectivity index (χ0v) is 11.0. The lowest BCUT2D eigenvalue weighted by Gasteiger charge is -2.30. The summed E-state index contributed by atoms with van der Waals surface area (Å²) in [6, 6.07) is 0. The van der Waals surface area contributed by atoms with Crippen molar-refractivity contribution in [2.24, 2.45) is 13.0 Å². The number of rotatable bonds is 2. The van der Waals surface area contributed by atoms with Crippen molar-refractivity contribution in [2.75, 3.05) is 18.4 Å². The molecule has 0 spiro atoms. The number of piperidine rings is 1. The Morgan fingerprint density at radius 1 is 1.56 bits per heavy atom. The van der Waals surface area contributed by atoms with E-state index in [0.29, 0.717) is 5.56 Å². The van der Waals surface area contributed by atoms with Gasteiger partial charge in [-0.1, -0.05) is 15.9 Å². The number of alkyl halides is 1. The van der Waals surface area contributed by atoms with Crippen molar-refractivity contribution in [2.45, 2.75) is 12.8 Å². The van der Waals surface area contributed by atoms with Gasteiger partial charge >= 0.3 is 0 Å². The first-order chi connectivity index (χ1) is 7.70. The molecule has 1 saturated heterocycles. The number of hydrogen-bond donors (Lipinski definition) is 0. The van der Waals surface area contributed by atoms with Crippen molar-refractivity contribution in [1.29, 1.82) is 0 Å². The molecule has 0 aromatic carbocycles. The number of likely N-dealkylation sites (tertiary alicyclic amines) is 1. The van der Waals surface area contributed by atoms with Crippen LogP contribution in [0.4, 0.5) is 0 Å². The van der Waals surface area contributed by atoms with Crippen LogP contribution in [-0.4, -0.2) is 39.0 Å². The molecule has 0 N–H and O–H groups in total. The predicted molar refractivity (Wildman–Crippen MR) is 65.6 cm³/mol. The molecular formula is C11H16BrN3O. The topological polar surface area (TPSA) is 38.1 Å². The molecule has 1 amide bonds. The molecule has 0 atom stereocenters. The Balaban J connectivity index is 1.96. The smallest absolute Gasteiger partial charge is 0.257 e. The summed E-state index contributed by atoms with van der Waals surface area (Å²) in [6.45, 7) is 1.73. The van der Waals surface area contributed by atoms with E-state index in [4.69, 9.17) is 0 Å². The minimum Gasteiger partial charge on any atom is -0.339 e. The van der Waals surface area contributed by atoms with Gasteiger partial charge in [0.15, 0.2) is 0 Å². The van der Waals surface area contributed by atoms with Crippen molar-refractivity contribution >= 4 is 21.8 Å². The van der Waals surface area contributed by atoms with Gasteiger partial charge in [0.05, 0.1) is 11.8 Å². The quantitative estimate of drug-likeness (QED) is 0.776. The molecule has 1 aliphatic heterocycles. The summed E-state index contributed by atoms with van der Waals surface area (Å²) in [5.74, 6) is 0.832. The monoisotopic (exact) mass is 285 g/mol. The largest absolute Gasteiger partial charge is 0.339 e. The maximum atomic E-state index is 12.1. The molecule has 1 aromatic heterocycles. The fourth-order valence-electron chi connectivity index (χ4n) is 2.00. The maximum Gasteiger partial charge on any atom is 0.257 e. The van der Waals surface area contributed by atoms with Crippen LogP contribution in [0.3, 0.4) is 0 Å². The van der Waals surface area contributed by atoms with E-state index in [9.17, 15) is 4.79 Å². The number of hydrogen-bond acceptors (Lipinski definition) is 2. The summed E-state index contributed by atoms with van der Waals surface area (Å²) < 4.78 is 1.67. The summed E-state index contributed by atoms with van der Waals surface area (Å²) in [5.41, 5.74) is 0.694. The number of aryl methyl sites for hydroxylation is 1. The lowest BCUT2D eigenvalue weighted by atomic mass is 9.99. The average Bonchev–Trinajstić information content (AvgIpc) is 2.75. The minimum absolute atomic E-state index is 0.112. The Kier molecular flexibility index (Phi) is 3.63. The van der Waals surface area contributed by atoms with Crippen molar-refractivity contribution in [1.82, 2.24) is 14.7 Å². The molecule has 4 nitrogen and oxygen atoms in total. The molecule has 0 aliphatic carbocycles. The van der Waals surface area contributed by atoms with Crippen molar-refractivity contribution in [3.8, 4) is 0 Å². The summed E-state index contributed by atoms with van der Waals surface area (Å²) >= 11 is 3.50. The molecular weight excluding hydrogens is 270 g/mol. The third-order valence-electron chi connectivity index (χ3n) is 3.07. The molecule has 0 saturated carbocycles. The molecule has 2 rings (SSSR count). The SMILES string of the molecule is Cn1cc(C(=O)N2CCC(CBr)CC2)cn1. The van der Waals surface area contributed by atoms with E-state index in [1.54, 1.807) is 17.1 Å². The Bertz CT molecular complexity index is 369. The van der Waals surface area contributed by atoms with Gasteiger partial charge in [-0.2, -0.15) is 5.10 Å². The van der Waals surface area contributed by atoms with Crippen molar-refractivity contribution in [3.05, 3.63) is 18.0 Å². The van der Waals surface area contributed by atoms with Crippen molar-refractivity contribution < 1.29 is 4.79 Å². The fraction of sp³-hybridized carbons (Fsp3) is 0.636. The van der Waals surface area contributed by atoms with Crippen LogP contribution in [0.15, 0.2) is 12.4 Å². The number of halogens is 1. The van der Waals surface area contributed by atoms with Crippen LogP contribution in [0, 0.1) is 5.92 Å². The molecule has 1 fully saturated rings. The second-order valence-corrected chi connectivity index (χ2v) is 4.94. The number of carbonyl (C=O) groups excluding carboxylic acids is 1. The van der Waals surface area contributed by atoms with Crippen LogP contribution in [0.1, 0.15) is 23.2 Å². The van der Waals surface area contributed by atoms with Gasteiger partial charge in [-0.3, -0.25) is 9.48 Å². The molecule has 88 valence electrons. The van der Waals surface area contributed by atoms with Gasteiger partial charge in [-0.25, -0.2) is 0 Å². The molecule has 2 heterocycles. The summed E-state index contributed by atoms with van der Waals surface area (Å²) in [7, 11) is 1.83. The predicted octanol–water partition coefficient (Wildman–Crippen LogP) is 1.67. The third kappa shape index (κ3) is 2.45. The van der Waals surface area contributed by atoms with E-state index in [2.05, 4.69) is 21.0 Å². The number of aromatic nitrogens is 2. The normalized spacial score (nSPS) is 17.8. The number of carbonyl (C=O) groups is 1. The Morgan fingerprint density at radius 2 is 2.25 bits per heavy atom. The van der Waals surface area contributed by atoms with Crippen molar-refractivity contribution in [3.63, 3.8) is 0 Å². The van der Waals surface area contributed by atoms with Gasteiger partial charge in [0.1, 0.15) is 0 Å². The zero-order chi connectivity index (χ0) is 11.5. The third-order valence-corrected chi connectivity index (χ3v) is 3.99. The molecule has 5 heteroatoms. The highest BCUT2D eigenvalue weighted by Gasteiger charge is 2.23.